The van der Waals surface area contributed by atoms with Crippen molar-refractivity contribution in [3.63, 3.8) is 0 Å². The number of rotatable bonds is 7. The minimum atomic E-state index is 0.268. The lowest BCUT2D eigenvalue weighted by atomic mass is 9.87. The minimum Gasteiger partial charge on any atom is -0.300 e. The zero-order chi connectivity index (χ0) is 10.3. The number of ketones is 1. The molecule has 0 aromatic heterocycles. The third-order valence-corrected chi connectivity index (χ3v) is 2.50. The third-order valence-electron chi connectivity index (χ3n) is 2.50. The Morgan fingerprint density at radius 3 is 2.38 bits per heavy atom. The summed E-state index contributed by atoms with van der Waals surface area (Å²) >= 11 is 0. The molecule has 0 aromatic carbocycles. The van der Waals surface area contributed by atoms with Gasteiger partial charge in [0.1, 0.15) is 5.78 Å². The Labute approximate surface area is 82.2 Å². The van der Waals surface area contributed by atoms with Crippen LogP contribution in [-0.2, 0) is 4.79 Å². The maximum atomic E-state index is 11.2. The van der Waals surface area contributed by atoms with Gasteiger partial charge in [-0.25, -0.2) is 0 Å². The van der Waals surface area contributed by atoms with Gasteiger partial charge in [-0.1, -0.05) is 26.3 Å². The molecule has 0 N–H and O–H groups in total. The van der Waals surface area contributed by atoms with Gasteiger partial charge in [-0.05, 0) is 32.1 Å². The van der Waals surface area contributed by atoms with E-state index in [0.29, 0.717) is 11.7 Å². The van der Waals surface area contributed by atoms with E-state index in [0.717, 1.165) is 19.3 Å². The molecule has 0 aliphatic heterocycles. The fourth-order valence-corrected chi connectivity index (χ4v) is 1.66. The molecule has 1 heteroatoms. The number of Topliss-reactive ketones (excluding diaryl/α,β-unsaturated/α-hetero) is 1. The van der Waals surface area contributed by atoms with E-state index < -0.39 is 0 Å². The van der Waals surface area contributed by atoms with Gasteiger partial charge >= 0.3 is 0 Å². The lowest BCUT2D eigenvalue weighted by Gasteiger charge is -2.17. The summed E-state index contributed by atoms with van der Waals surface area (Å²) in [6.45, 7) is 9.64. The van der Waals surface area contributed by atoms with Crippen molar-refractivity contribution < 1.29 is 4.79 Å². The van der Waals surface area contributed by atoms with E-state index in [4.69, 9.17) is 0 Å². The largest absolute Gasteiger partial charge is 0.300 e. The van der Waals surface area contributed by atoms with E-state index in [9.17, 15) is 4.79 Å². The van der Waals surface area contributed by atoms with Gasteiger partial charge in [0.05, 0.1) is 0 Å². The van der Waals surface area contributed by atoms with Gasteiger partial charge in [-0.15, -0.1) is 6.58 Å². The topological polar surface area (TPSA) is 17.1 Å². The monoisotopic (exact) mass is 182 g/mol. The van der Waals surface area contributed by atoms with Crippen molar-refractivity contribution in [2.24, 2.45) is 11.8 Å². The van der Waals surface area contributed by atoms with E-state index >= 15 is 0 Å². The van der Waals surface area contributed by atoms with Crippen molar-refractivity contribution in [3.05, 3.63) is 12.7 Å². The van der Waals surface area contributed by atoms with Gasteiger partial charge in [-0.3, -0.25) is 4.79 Å². The number of hydrogen-bond acceptors (Lipinski definition) is 1. The normalized spacial score (nSPS) is 12.9. The standard InChI is InChI=1S/C12H22O/c1-5-6-7-8-9-12(10(2)3)11(4)13/h5,10,12H,1,6-9H2,2-4H3/t12-/m0/s1. The Hall–Kier alpha value is -0.590. The summed E-state index contributed by atoms with van der Waals surface area (Å²) in [4.78, 5) is 11.2. The Kier molecular flexibility index (Phi) is 6.56. The summed E-state index contributed by atoms with van der Waals surface area (Å²) in [6, 6.07) is 0. The minimum absolute atomic E-state index is 0.268. The highest BCUT2D eigenvalue weighted by Gasteiger charge is 2.17. The number of unbranched alkanes of at least 4 members (excludes halogenated alkanes) is 2. The first kappa shape index (κ1) is 12.4. The molecule has 1 nitrogen and oxygen atoms in total. The fraction of sp³-hybridized carbons (Fsp3) is 0.750. The molecule has 0 spiro atoms. The van der Waals surface area contributed by atoms with Crippen LogP contribution in [0.1, 0.15) is 46.5 Å². The van der Waals surface area contributed by atoms with E-state index in [2.05, 4.69) is 20.4 Å². The second-order valence-corrected chi connectivity index (χ2v) is 4.03. The maximum Gasteiger partial charge on any atom is 0.133 e. The van der Waals surface area contributed by atoms with Crippen molar-refractivity contribution in [1.29, 1.82) is 0 Å². The summed E-state index contributed by atoms with van der Waals surface area (Å²) in [5, 5.41) is 0. The van der Waals surface area contributed by atoms with Crippen molar-refractivity contribution in [3.8, 4) is 0 Å². The quantitative estimate of drug-likeness (QED) is 0.434. The molecular weight excluding hydrogens is 160 g/mol. The van der Waals surface area contributed by atoms with Crippen LogP contribution in [0.4, 0.5) is 0 Å². The van der Waals surface area contributed by atoms with Crippen molar-refractivity contribution in [2.75, 3.05) is 0 Å². The molecule has 0 saturated carbocycles. The molecule has 13 heavy (non-hydrogen) atoms. The average Bonchev–Trinajstić information content (AvgIpc) is 2.02. The zero-order valence-corrected chi connectivity index (χ0v) is 9.18. The molecule has 0 bridgehead atoms. The summed E-state index contributed by atoms with van der Waals surface area (Å²) < 4.78 is 0. The lowest BCUT2D eigenvalue weighted by Crippen LogP contribution is -2.17. The van der Waals surface area contributed by atoms with Crippen LogP contribution in [0.15, 0.2) is 12.7 Å². The van der Waals surface area contributed by atoms with E-state index in [-0.39, 0.29) is 5.92 Å². The molecule has 0 aromatic rings. The zero-order valence-electron chi connectivity index (χ0n) is 9.18. The molecule has 76 valence electrons. The van der Waals surface area contributed by atoms with E-state index in [1.54, 1.807) is 6.92 Å². The smallest absolute Gasteiger partial charge is 0.133 e. The summed E-state index contributed by atoms with van der Waals surface area (Å²) in [7, 11) is 0. The molecule has 0 amide bonds. The Bertz CT molecular complexity index is 159. The SMILES string of the molecule is C=CCCCC[C@H](C(C)=O)C(C)C. The Morgan fingerprint density at radius 1 is 1.38 bits per heavy atom. The third kappa shape index (κ3) is 5.62. The van der Waals surface area contributed by atoms with Gasteiger partial charge in [0.25, 0.3) is 0 Å². The highest BCUT2D eigenvalue weighted by Crippen LogP contribution is 2.19. The molecule has 0 rings (SSSR count). The highest BCUT2D eigenvalue weighted by molar-refractivity contribution is 5.78. The van der Waals surface area contributed by atoms with Crippen LogP contribution in [0.3, 0.4) is 0 Å². The average molecular weight is 182 g/mol. The summed E-state index contributed by atoms with van der Waals surface area (Å²) in [6.07, 6.45) is 6.37. The molecule has 1 atom stereocenters. The number of hydrogen-bond donors (Lipinski definition) is 0. The lowest BCUT2D eigenvalue weighted by molar-refractivity contribution is -0.122. The van der Waals surface area contributed by atoms with Gasteiger partial charge in [0.15, 0.2) is 0 Å². The van der Waals surface area contributed by atoms with Crippen molar-refractivity contribution >= 4 is 5.78 Å². The fourth-order valence-electron chi connectivity index (χ4n) is 1.66. The van der Waals surface area contributed by atoms with Gasteiger partial charge in [0, 0.05) is 5.92 Å². The van der Waals surface area contributed by atoms with Crippen LogP contribution in [-0.4, -0.2) is 5.78 Å². The van der Waals surface area contributed by atoms with Crippen LogP contribution < -0.4 is 0 Å². The van der Waals surface area contributed by atoms with Gasteiger partial charge in [-0.2, -0.15) is 0 Å². The van der Waals surface area contributed by atoms with Gasteiger partial charge < -0.3 is 0 Å². The van der Waals surface area contributed by atoms with E-state index in [1.807, 2.05) is 6.08 Å². The van der Waals surface area contributed by atoms with Crippen LogP contribution in [0.25, 0.3) is 0 Å². The molecule has 0 aliphatic carbocycles. The number of carbonyl (C=O) groups excluding carboxylic acids is 1. The molecule has 0 heterocycles. The van der Waals surface area contributed by atoms with Crippen LogP contribution in [0.2, 0.25) is 0 Å². The molecular formula is C12H22O. The Morgan fingerprint density at radius 2 is 2.00 bits per heavy atom. The molecule has 0 unspecified atom stereocenters. The maximum absolute atomic E-state index is 11.2. The predicted molar refractivity (Wildman–Crippen MR) is 57.7 cm³/mol. The number of allylic oxidation sites excluding steroid dienone is 1. The summed E-state index contributed by atoms with van der Waals surface area (Å²) in [5.41, 5.74) is 0. The predicted octanol–water partition coefficient (Wildman–Crippen LogP) is 3.59. The molecule has 0 fully saturated rings. The first-order valence-corrected chi connectivity index (χ1v) is 5.21. The second-order valence-electron chi connectivity index (χ2n) is 4.03. The first-order chi connectivity index (χ1) is 6.09. The van der Waals surface area contributed by atoms with Crippen LogP contribution in [0.5, 0.6) is 0 Å². The van der Waals surface area contributed by atoms with Crippen LogP contribution >= 0.6 is 0 Å². The van der Waals surface area contributed by atoms with Gasteiger partial charge in [0.2, 0.25) is 0 Å². The first-order valence-electron chi connectivity index (χ1n) is 5.21. The summed E-state index contributed by atoms with van der Waals surface area (Å²) in [5.74, 6) is 1.10. The number of carbonyl (C=O) groups is 1. The molecule has 0 aliphatic rings. The Balaban J connectivity index is 3.70. The van der Waals surface area contributed by atoms with Crippen molar-refractivity contribution in [2.45, 2.75) is 46.5 Å². The van der Waals surface area contributed by atoms with E-state index in [1.165, 1.54) is 6.42 Å². The highest BCUT2D eigenvalue weighted by atomic mass is 16.1. The van der Waals surface area contributed by atoms with Crippen LogP contribution in [0, 0.1) is 11.8 Å². The molecule has 0 saturated heterocycles. The second kappa shape index (κ2) is 6.88. The molecule has 0 radical (unpaired) electrons. The van der Waals surface area contributed by atoms with Crippen molar-refractivity contribution in [1.82, 2.24) is 0 Å².